The zero-order valence-electron chi connectivity index (χ0n) is 16.0. The first-order valence-corrected chi connectivity index (χ1v) is 9.29. The fourth-order valence-corrected chi connectivity index (χ4v) is 3.36. The third-order valence-corrected chi connectivity index (χ3v) is 4.90. The summed E-state index contributed by atoms with van der Waals surface area (Å²) in [6, 6.07) is 6.11. The maximum Gasteiger partial charge on any atom is 0.269 e. The van der Waals surface area contributed by atoms with Crippen molar-refractivity contribution in [2.24, 2.45) is 0 Å². The molecule has 2 amide bonds. The van der Waals surface area contributed by atoms with Gasteiger partial charge in [0, 0.05) is 45.2 Å². The van der Waals surface area contributed by atoms with E-state index in [0.717, 1.165) is 12.1 Å². The van der Waals surface area contributed by atoms with Gasteiger partial charge in [-0.3, -0.25) is 19.7 Å². The van der Waals surface area contributed by atoms with E-state index in [1.165, 1.54) is 19.1 Å². The highest BCUT2D eigenvalue weighted by Gasteiger charge is 2.27. The minimum atomic E-state index is -0.449. The fraction of sp³-hybridized carbons (Fsp3) is 0.421. The van der Waals surface area contributed by atoms with Gasteiger partial charge >= 0.3 is 0 Å². The molecule has 148 valence electrons. The van der Waals surface area contributed by atoms with Crippen LogP contribution in [0.15, 0.2) is 30.5 Å². The van der Waals surface area contributed by atoms with Crippen LogP contribution < -0.4 is 0 Å². The lowest BCUT2D eigenvalue weighted by atomic mass is 10.1. The monoisotopic (exact) mass is 385 g/mol. The Hall–Kier alpha value is -3.23. The maximum atomic E-state index is 13.0. The van der Waals surface area contributed by atoms with Crippen molar-refractivity contribution in [2.75, 3.05) is 26.2 Å². The van der Waals surface area contributed by atoms with E-state index in [2.05, 4.69) is 5.10 Å². The molecule has 1 fully saturated rings. The third-order valence-electron chi connectivity index (χ3n) is 4.90. The minimum Gasteiger partial charge on any atom is -0.339 e. The highest BCUT2D eigenvalue weighted by molar-refractivity contribution is 5.95. The zero-order valence-corrected chi connectivity index (χ0v) is 16.0. The molecule has 0 atom stereocenters. The van der Waals surface area contributed by atoms with Crippen LogP contribution in [0.3, 0.4) is 0 Å². The van der Waals surface area contributed by atoms with Crippen LogP contribution in [0.1, 0.15) is 36.3 Å². The van der Waals surface area contributed by atoms with Crippen LogP contribution in [-0.2, 0) is 11.2 Å². The second kappa shape index (κ2) is 8.20. The average Bonchev–Trinajstić information content (AvgIpc) is 3.11. The summed E-state index contributed by atoms with van der Waals surface area (Å²) < 4.78 is 1.67. The molecule has 1 aromatic heterocycles. The summed E-state index contributed by atoms with van der Waals surface area (Å²) in [4.78, 5) is 38.4. The number of rotatable bonds is 5. The highest BCUT2D eigenvalue weighted by atomic mass is 16.6. The normalized spacial score (nSPS) is 14.2. The van der Waals surface area contributed by atoms with Gasteiger partial charge in [0.15, 0.2) is 0 Å². The quantitative estimate of drug-likeness (QED) is 0.579. The molecule has 28 heavy (non-hydrogen) atoms. The van der Waals surface area contributed by atoms with Crippen LogP contribution in [0.5, 0.6) is 0 Å². The van der Waals surface area contributed by atoms with Crippen LogP contribution in [-0.4, -0.2) is 62.5 Å². The van der Waals surface area contributed by atoms with E-state index in [4.69, 9.17) is 0 Å². The molecule has 1 saturated heterocycles. The lowest BCUT2D eigenvalue weighted by molar-refractivity contribution is -0.384. The molecule has 0 N–H and O–H groups in total. The molecule has 0 radical (unpaired) electrons. The van der Waals surface area contributed by atoms with Gasteiger partial charge in [-0.1, -0.05) is 13.3 Å². The first kappa shape index (κ1) is 19.5. The Morgan fingerprint density at radius 3 is 2.25 bits per heavy atom. The Labute approximate surface area is 162 Å². The number of carbonyl (C=O) groups excluding carboxylic acids is 2. The van der Waals surface area contributed by atoms with Crippen LogP contribution >= 0.6 is 0 Å². The summed E-state index contributed by atoms with van der Waals surface area (Å²) in [6.45, 7) is 5.60. The molecule has 2 aromatic rings. The Kier molecular flexibility index (Phi) is 5.72. The molecule has 3 rings (SSSR count). The minimum absolute atomic E-state index is 0.00703. The van der Waals surface area contributed by atoms with E-state index in [9.17, 15) is 19.7 Å². The Morgan fingerprint density at radius 2 is 1.71 bits per heavy atom. The number of non-ortho nitro benzene ring substituents is 1. The largest absolute Gasteiger partial charge is 0.339 e. The summed E-state index contributed by atoms with van der Waals surface area (Å²) in [5, 5.41) is 15.2. The summed E-state index contributed by atoms with van der Waals surface area (Å²) >= 11 is 0. The lowest BCUT2D eigenvalue weighted by Gasteiger charge is -2.34. The van der Waals surface area contributed by atoms with E-state index in [1.54, 1.807) is 32.8 Å². The number of hydrogen-bond donors (Lipinski definition) is 0. The number of carbonyl (C=O) groups is 2. The summed E-state index contributed by atoms with van der Waals surface area (Å²) in [5.41, 5.74) is 2.01. The Balaban J connectivity index is 1.85. The second-order valence-corrected chi connectivity index (χ2v) is 6.74. The number of hydrogen-bond acceptors (Lipinski definition) is 5. The van der Waals surface area contributed by atoms with Gasteiger partial charge in [0.05, 0.1) is 28.1 Å². The maximum absolute atomic E-state index is 13.0. The van der Waals surface area contributed by atoms with Crippen LogP contribution in [0, 0.1) is 10.1 Å². The first-order valence-electron chi connectivity index (χ1n) is 9.29. The molecule has 0 spiro atoms. The zero-order chi connectivity index (χ0) is 20.3. The molecule has 0 saturated carbocycles. The number of benzene rings is 1. The van der Waals surface area contributed by atoms with Gasteiger partial charge in [-0.05, 0) is 18.6 Å². The van der Waals surface area contributed by atoms with Crippen molar-refractivity contribution < 1.29 is 14.5 Å². The number of nitro groups is 1. The number of nitro benzene ring substituents is 1. The average molecular weight is 385 g/mol. The molecule has 1 aliphatic rings. The van der Waals surface area contributed by atoms with Gasteiger partial charge in [0.25, 0.3) is 11.6 Å². The first-order chi connectivity index (χ1) is 13.4. The van der Waals surface area contributed by atoms with Gasteiger partial charge in [-0.15, -0.1) is 0 Å². The van der Waals surface area contributed by atoms with E-state index in [1.807, 2.05) is 6.92 Å². The van der Waals surface area contributed by atoms with Crippen LogP contribution in [0.2, 0.25) is 0 Å². The van der Waals surface area contributed by atoms with Gasteiger partial charge < -0.3 is 9.80 Å². The summed E-state index contributed by atoms with van der Waals surface area (Å²) in [7, 11) is 0. The molecule has 9 heteroatoms. The highest BCUT2D eigenvalue weighted by Crippen LogP contribution is 2.21. The van der Waals surface area contributed by atoms with Crippen molar-refractivity contribution in [1.29, 1.82) is 0 Å². The number of nitrogens with zero attached hydrogens (tertiary/aromatic N) is 5. The molecule has 0 bridgehead atoms. The molecule has 1 aromatic carbocycles. The standard InChI is InChI=1S/C19H23N5O4/c1-3-4-18-17(19(26)22-11-9-21(10-12-22)14(2)25)13-20-23(18)15-5-7-16(8-6-15)24(27)28/h5-8,13H,3-4,9-12H2,1-2H3. The molecular formula is C19H23N5O4. The topological polar surface area (TPSA) is 102 Å². The second-order valence-electron chi connectivity index (χ2n) is 6.74. The molecule has 0 unspecified atom stereocenters. The predicted octanol–water partition coefficient (Wildman–Crippen LogP) is 2.04. The molecule has 9 nitrogen and oxygen atoms in total. The number of aromatic nitrogens is 2. The van der Waals surface area contributed by atoms with Gasteiger partial charge in [0.1, 0.15) is 0 Å². The number of amides is 2. The summed E-state index contributed by atoms with van der Waals surface area (Å²) in [5.74, 6) is -0.0791. The van der Waals surface area contributed by atoms with Crippen molar-refractivity contribution in [3.63, 3.8) is 0 Å². The van der Waals surface area contributed by atoms with Gasteiger partial charge in [-0.25, -0.2) is 4.68 Å². The predicted molar refractivity (Wildman–Crippen MR) is 102 cm³/mol. The SMILES string of the molecule is CCCc1c(C(=O)N2CCN(C(C)=O)CC2)cnn1-c1ccc([N+](=O)[O-])cc1. The van der Waals surface area contributed by atoms with Crippen molar-refractivity contribution in [1.82, 2.24) is 19.6 Å². The Bertz CT molecular complexity index is 882. The van der Waals surface area contributed by atoms with Crippen molar-refractivity contribution in [2.45, 2.75) is 26.7 Å². The van der Waals surface area contributed by atoms with E-state index in [-0.39, 0.29) is 17.5 Å². The number of piperazine rings is 1. The third kappa shape index (κ3) is 3.88. The molecule has 2 heterocycles. The van der Waals surface area contributed by atoms with Gasteiger partial charge in [0.2, 0.25) is 5.91 Å². The van der Waals surface area contributed by atoms with E-state index >= 15 is 0 Å². The van der Waals surface area contributed by atoms with Gasteiger partial charge in [-0.2, -0.15) is 5.10 Å². The van der Waals surface area contributed by atoms with Crippen molar-refractivity contribution >= 4 is 17.5 Å². The smallest absolute Gasteiger partial charge is 0.269 e. The van der Waals surface area contributed by atoms with Crippen molar-refractivity contribution in [3.8, 4) is 5.69 Å². The van der Waals surface area contributed by atoms with Crippen LogP contribution in [0.4, 0.5) is 5.69 Å². The molecular weight excluding hydrogens is 362 g/mol. The van der Waals surface area contributed by atoms with E-state index < -0.39 is 4.92 Å². The lowest BCUT2D eigenvalue weighted by Crippen LogP contribution is -2.50. The Morgan fingerprint density at radius 1 is 1.11 bits per heavy atom. The molecule has 1 aliphatic heterocycles. The van der Waals surface area contributed by atoms with Crippen molar-refractivity contribution in [3.05, 3.63) is 51.8 Å². The van der Waals surface area contributed by atoms with Crippen LogP contribution in [0.25, 0.3) is 5.69 Å². The molecule has 0 aliphatic carbocycles. The van der Waals surface area contributed by atoms with E-state index in [0.29, 0.717) is 43.9 Å². The fourth-order valence-electron chi connectivity index (χ4n) is 3.36. The summed E-state index contributed by atoms with van der Waals surface area (Å²) in [6.07, 6.45) is 3.05.